The fourth-order valence-corrected chi connectivity index (χ4v) is 2.44. The van der Waals surface area contributed by atoms with Gasteiger partial charge in [-0.15, -0.1) is 0 Å². The van der Waals surface area contributed by atoms with Gasteiger partial charge in [-0.25, -0.2) is 4.98 Å². The van der Waals surface area contributed by atoms with E-state index in [2.05, 4.69) is 17.1 Å². The van der Waals surface area contributed by atoms with Crippen molar-refractivity contribution in [3.8, 4) is 0 Å². The maximum absolute atomic E-state index is 10.8. The quantitative estimate of drug-likeness (QED) is 0.529. The third-order valence-electron chi connectivity index (χ3n) is 3.24. The predicted octanol–water partition coefficient (Wildman–Crippen LogP) is 4.29. The smallest absolute Gasteiger partial charge is 0.150 e. The highest BCUT2D eigenvalue weighted by Gasteiger charge is 2.06. The zero-order valence-corrected chi connectivity index (χ0v) is 11.5. The van der Waals surface area contributed by atoms with Gasteiger partial charge >= 0.3 is 0 Å². The lowest BCUT2D eigenvalue weighted by Crippen LogP contribution is -1.93. The SMILES string of the molecule is O=Cc1ccc2nc(Cl)c(Cc3ccccc3)cc2c1. The molecule has 98 valence electrons. The number of aldehydes is 1. The number of hydrogen-bond acceptors (Lipinski definition) is 2. The minimum absolute atomic E-state index is 0.514. The molecule has 0 aliphatic rings. The molecule has 0 N–H and O–H groups in total. The van der Waals surface area contributed by atoms with Crippen LogP contribution in [0.3, 0.4) is 0 Å². The number of halogens is 1. The molecule has 0 radical (unpaired) electrons. The van der Waals surface area contributed by atoms with Crippen LogP contribution in [0.25, 0.3) is 10.9 Å². The van der Waals surface area contributed by atoms with E-state index in [0.29, 0.717) is 10.7 Å². The van der Waals surface area contributed by atoms with Crippen molar-refractivity contribution < 1.29 is 4.79 Å². The summed E-state index contributed by atoms with van der Waals surface area (Å²) >= 11 is 6.25. The van der Waals surface area contributed by atoms with E-state index in [9.17, 15) is 4.79 Å². The van der Waals surface area contributed by atoms with Crippen molar-refractivity contribution in [3.05, 3.63) is 76.4 Å². The largest absolute Gasteiger partial charge is 0.298 e. The van der Waals surface area contributed by atoms with Gasteiger partial charge in [-0.3, -0.25) is 4.79 Å². The summed E-state index contributed by atoms with van der Waals surface area (Å²) in [5, 5.41) is 1.45. The zero-order valence-electron chi connectivity index (χ0n) is 10.7. The first kappa shape index (κ1) is 12.8. The molecular weight excluding hydrogens is 270 g/mol. The van der Waals surface area contributed by atoms with E-state index in [-0.39, 0.29) is 0 Å². The van der Waals surface area contributed by atoms with Gasteiger partial charge in [0.15, 0.2) is 0 Å². The molecule has 3 rings (SSSR count). The highest BCUT2D eigenvalue weighted by atomic mass is 35.5. The van der Waals surface area contributed by atoms with Gasteiger partial charge in [-0.05, 0) is 35.4 Å². The van der Waals surface area contributed by atoms with Crippen molar-refractivity contribution in [2.24, 2.45) is 0 Å². The lowest BCUT2D eigenvalue weighted by molar-refractivity contribution is 0.112. The molecule has 2 aromatic carbocycles. The average Bonchev–Trinajstić information content (AvgIpc) is 2.48. The van der Waals surface area contributed by atoms with Gasteiger partial charge in [-0.2, -0.15) is 0 Å². The summed E-state index contributed by atoms with van der Waals surface area (Å²) in [6, 6.07) is 17.5. The monoisotopic (exact) mass is 281 g/mol. The van der Waals surface area contributed by atoms with Crippen LogP contribution in [0, 0.1) is 0 Å². The van der Waals surface area contributed by atoms with Crippen molar-refractivity contribution in [1.29, 1.82) is 0 Å². The van der Waals surface area contributed by atoms with Crippen LogP contribution in [0.4, 0.5) is 0 Å². The van der Waals surface area contributed by atoms with Crippen LogP contribution in [0.1, 0.15) is 21.5 Å². The van der Waals surface area contributed by atoms with Crippen molar-refractivity contribution >= 4 is 28.8 Å². The molecular formula is C17H12ClNO. The second kappa shape index (κ2) is 5.43. The molecule has 0 fully saturated rings. The fraction of sp³-hybridized carbons (Fsp3) is 0.0588. The molecule has 0 bridgehead atoms. The van der Waals surface area contributed by atoms with E-state index < -0.39 is 0 Å². The van der Waals surface area contributed by atoms with Crippen molar-refractivity contribution in [2.45, 2.75) is 6.42 Å². The summed E-state index contributed by atoms with van der Waals surface area (Å²) in [4.78, 5) is 15.2. The molecule has 0 spiro atoms. The molecule has 2 nitrogen and oxygen atoms in total. The van der Waals surface area contributed by atoms with E-state index in [1.807, 2.05) is 36.4 Å². The number of aromatic nitrogens is 1. The lowest BCUT2D eigenvalue weighted by Gasteiger charge is -2.07. The van der Waals surface area contributed by atoms with Crippen LogP contribution in [-0.2, 0) is 6.42 Å². The second-order valence-corrected chi connectivity index (χ2v) is 5.03. The molecule has 0 aliphatic heterocycles. The van der Waals surface area contributed by atoms with Gasteiger partial charge in [0.2, 0.25) is 0 Å². The molecule has 3 heteroatoms. The van der Waals surface area contributed by atoms with Crippen LogP contribution < -0.4 is 0 Å². The first-order chi connectivity index (χ1) is 9.76. The third-order valence-corrected chi connectivity index (χ3v) is 3.57. The maximum Gasteiger partial charge on any atom is 0.150 e. The van der Waals surface area contributed by atoms with Crippen LogP contribution in [0.5, 0.6) is 0 Å². The molecule has 0 saturated heterocycles. The van der Waals surface area contributed by atoms with Gasteiger partial charge in [0, 0.05) is 17.4 Å². The Kier molecular flexibility index (Phi) is 3.48. The van der Waals surface area contributed by atoms with E-state index in [1.165, 1.54) is 5.56 Å². The van der Waals surface area contributed by atoms with Crippen molar-refractivity contribution in [3.63, 3.8) is 0 Å². The predicted molar refractivity (Wildman–Crippen MR) is 81.4 cm³/mol. The van der Waals surface area contributed by atoms with Gasteiger partial charge in [0.25, 0.3) is 0 Å². The van der Waals surface area contributed by atoms with Gasteiger partial charge in [-0.1, -0.05) is 41.9 Å². The lowest BCUT2D eigenvalue weighted by atomic mass is 10.0. The number of carbonyl (C=O) groups is 1. The first-order valence-corrected chi connectivity index (χ1v) is 6.72. The van der Waals surface area contributed by atoms with Gasteiger partial charge in [0.1, 0.15) is 11.4 Å². The molecule has 0 amide bonds. The summed E-state index contributed by atoms with van der Waals surface area (Å²) < 4.78 is 0. The number of benzene rings is 2. The van der Waals surface area contributed by atoms with Crippen LogP contribution in [0.2, 0.25) is 5.15 Å². The second-order valence-electron chi connectivity index (χ2n) is 4.67. The Bertz CT molecular complexity index is 769. The fourth-order valence-electron chi connectivity index (χ4n) is 2.23. The molecule has 3 aromatic rings. The summed E-state index contributed by atoms with van der Waals surface area (Å²) in [7, 11) is 0. The van der Waals surface area contributed by atoms with Crippen LogP contribution >= 0.6 is 11.6 Å². The summed E-state index contributed by atoms with van der Waals surface area (Å²) in [5.41, 5.74) is 3.60. The molecule has 0 unspecified atom stereocenters. The summed E-state index contributed by atoms with van der Waals surface area (Å²) in [6.07, 6.45) is 1.57. The summed E-state index contributed by atoms with van der Waals surface area (Å²) in [6.45, 7) is 0. The highest BCUT2D eigenvalue weighted by molar-refractivity contribution is 6.30. The van der Waals surface area contributed by atoms with Crippen molar-refractivity contribution in [2.75, 3.05) is 0 Å². The van der Waals surface area contributed by atoms with E-state index in [0.717, 1.165) is 29.2 Å². The Morgan fingerprint density at radius 1 is 1.05 bits per heavy atom. The van der Waals surface area contributed by atoms with E-state index in [4.69, 9.17) is 11.6 Å². The topological polar surface area (TPSA) is 30.0 Å². The molecule has 20 heavy (non-hydrogen) atoms. The number of fused-ring (bicyclic) bond motifs is 1. The number of rotatable bonds is 3. The van der Waals surface area contributed by atoms with E-state index >= 15 is 0 Å². The zero-order chi connectivity index (χ0) is 13.9. The first-order valence-electron chi connectivity index (χ1n) is 6.34. The molecule has 0 aliphatic carbocycles. The Balaban J connectivity index is 2.06. The average molecular weight is 282 g/mol. The Labute approximate surface area is 122 Å². The Hall–Kier alpha value is -2.19. The molecule has 0 atom stereocenters. The minimum Gasteiger partial charge on any atom is -0.298 e. The number of hydrogen-bond donors (Lipinski definition) is 0. The normalized spacial score (nSPS) is 10.7. The Morgan fingerprint density at radius 2 is 1.85 bits per heavy atom. The maximum atomic E-state index is 10.8. The minimum atomic E-state index is 0.514. The standard InChI is InChI=1S/C17H12ClNO/c18-17-15(8-12-4-2-1-3-5-12)10-14-9-13(11-20)6-7-16(14)19-17/h1-7,9-11H,8H2. The molecule has 0 saturated carbocycles. The summed E-state index contributed by atoms with van der Waals surface area (Å²) in [5.74, 6) is 0. The molecule has 1 aromatic heterocycles. The molecule has 1 heterocycles. The highest BCUT2D eigenvalue weighted by Crippen LogP contribution is 2.23. The number of pyridine rings is 1. The van der Waals surface area contributed by atoms with Crippen LogP contribution in [0.15, 0.2) is 54.6 Å². The van der Waals surface area contributed by atoms with Gasteiger partial charge < -0.3 is 0 Å². The van der Waals surface area contributed by atoms with Crippen molar-refractivity contribution in [1.82, 2.24) is 4.98 Å². The van der Waals surface area contributed by atoms with Crippen LogP contribution in [-0.4, -0.2) is 11.3 Å². The van der Waals surface area contributed by atoms with E-state index in [1.54, 1.807) is 6.07 Å². The Morgan fingerprint density at radius 3 is 2.60 bits per heavy atom. The van der Waals surface area contributed by atoms with Gasteiger partial charge in [0.05, 0.1) is 5.52 Å². The number of carbonyl (C=O) groups excluding carboxylic acids is 1. The number of nitrogens with zero attached hydrogens (tertiary/aromatic N) is 1. The third kappa shape index (κ3) is 2.56.